The number of hydrogen-bond donors (Lipinski definition) is 0. The summed E-state index contributed by atoms with van der Waals surface area (Å²) in [5, 5.41) is 0. The van der Waals surface area contributed by atoms with Gasteiger partial charge in [0, 0.05) is 25.6 Å². The molecular weight excluding hydrogens is 308 g/mol. The zero-order valence-corrected chi connectivity index (χ0v) is 17.7. The number of rotatable bonds is 4. The number of nitrogens with zero attached hydrogens (tertiary/aromatic N) is 2. The van der Waals surface area contributed by atoms with Crippen molar-refractivity contribution in [2.45, 2.75) is 80.1 Å². The highest BCUT2D eigenvalue weighted by molar-refractivity contribution is 5.79. The summed E-state index contributed by atoms with van der Waals surface area (Å²) in [7, 11) is 0. The zero-order valence-electron chi connectivity index (χ0n) is 17.7. The largest absolute Gasteiger partial charge is 0.342 e. The molecule has 0 N–H and O–H groups in total. The van der Waals surface area contributed by atoms with Crippen LogP contribution in [0.15, 0.2) is 0 Å². The molecule has 0 aromatic heterocycles. The van der Waals surface area contributed by atoms with Crippen molar-refractivity contribution in [3.8, 4) is 0 Å². The predicted octanol–water partition coefficient (Wildman–Crippen LogP) is 4.81. The monoisotopic (exact) mass is 350 g/mol. The Labute approximate surface area is 156 Å². The average Bonchev–Trinajstić information content (AvgIpc) is 2.51. The van der Waals surface area contributed by atoms with Crippen LogP contribution in [0.4, 0.5) is 0 Å². The second-order valence-electron chi connectivity index (χ2n) is 11.0. The van der Waals surface area contributed by atoms with E-state index in [1.165, 1.54) is 25.7 Å². The van der Waals surface area contributed by atoms with Crippen LogP contribution >= 0.6 is 0 Å². The van der Waals surface area contributed by atoms with Gasteiger partial charge in [-0.1, -0.05) is 41.5 Å². The van der Waals surface area contributed by atoms with E-state index < -0.39 is 0 Å². The van der Waals surface area contributed by atoms with Gasteiger partial charge in [-0.15, -0.1) is 0 Å². The van der Waals surface area contributed by atoms with Crippen LogP contribution in [0, 0.1) is 22.7 Å². The molecule has 1 amide bonds. The molecule has 0 aliphatic carbocycles. The van der Waals surface area contributed by atoms with Crippen LogP contribution in [0.5, 0.6) is 0 Å². The second kappa shape index (κ2) is 8.41. The van der Waals surface area contributed by atoms with E-state index in [-0.39, 0.29) is 5.92 Å². The normalized spacial score (nSPS) is 22.4. The molecule has 2 aliphatic rings. The Morgan fingerprint density at radius 2 is 1.40 bits per heavy atom. The van der Waals surface area contributed by atoms with Crippen molar-refractivity contribution in [3.63, 3.8) is 0 Å². The molecule has 0 spiro atoms. The maximum atomic E-state index is 12.9. The second-order valence-corrected chi connectivity index (χ2v) is 11.0. The van der Waals surface area contributed by atoms with Crippen molar-refractivity contribution in [2.24, 2.45) is 22.7 Å². The van der Waals surface area contributed by atoms with Gasteiger partial charge in [0.05, 0.1) is 0 Å². The van der Waals surface area contributed by atoms with E-state index in [0.717, 1.165) is 51.5 Å². The molecule has 2 saturated heterocycles. The van der Waals surface area contributed by atoms with Crippen LogP contribution in [-0.4, -0.2) is 48.4 Å². The minimum Gasteiger partial charge on any atom is -0.342 e. The smallest absolute Gasteiger partial charge is 0.225 e. The Hall–Kier alpha value is -0.570. The molecule has 0 saturated carbocycles. The molecule has 3 heteroatoms. The Morgan fingerprint density at radius 3 is 1.88 bits per heavy atom. The van der Waals surface area contributed by atoms with E-state index >= 15 is 0 Å². The van der Waals surface area contributed by atoms with E-state index in [9.17, 15) is 4.79 Å². The molecule has 25 heavy (non-hydrogen) atoms. The van der Waals surface area contributed by atoms with Gasteiger partial charge in [0.1, 0.15) is 0 Å². The third-order valence-electron chi connectivity index (χ3n) is 5.86. The summed E-state index contributed by atoms with van der Waals surface area (Å²) in [5.41, 5.74) is 0.791. The minimum atomic E-state index is 0.280. The van der Waals surface area contributed by atoms with Crippen LogP contribution in [0.2, 0.25) is 0 Å². The van der Waals surface area contributed by atoms with Gasteiger partial charge in [-0.3, -0.25) is 4.79 Å². The van der Waals surface area contributed by atoms with Gasteiger partial charge < -0.3 is 9.80 Å². The maximum Gasteiger partial charge on any atom is 0.225 e. The van der Waals surface area contributed by atoms with Crippen LogP contribution < -0.4 is 0 Å². The first kappa shape index (κ1) is 20.7. The molecule has 3 nitrogen and oxygen atoms in total. The van der Waals surface area contributed by atoms with E-state index in [0.29, 0.717) is 16.7 Å². The average molecular weight is 351 g/mol. The number of hydrogen-bond acceptors (Lipinski definition) is 2. The Kier molecular flexibility index (Phi) is 6.98. The van der Waals surface area contributed by atoms with Gasteiger partial charge in [-0.25, -0.2) is 0 Å². The summed E-state index contributed by atoms with van der Waals surface area (Å²) < 4.78 is 0. The lowest BCUT2D eigenvalue weighted by Crippen LogP contribution is -2.46. The molecule has 0 unspecified atom stereocenters. The molecule has 0 aromatic carbocycles. The summed E-state index contributed by atoms with van der Waals surface area (Å²) >= 11 is 0. The first-order chi connectivity index (χ1) is 11.5. The van der Waals surface area contributed by atoms with Gasteiger partial charge in [0.2, 0.25) is 5.91 Å². The fourth-order valence-corrected chi connectivity index (χ4v) is 4.35. The van der Waals surface area contributed by atoms with Crippen LogP contribution in [0.3, 0.4) is 0 Å². The molecule has 2 rings (SSSR count). The zero-order chi connectivity index (χ0) is 18.7. The Bertz CT molecular complexity index is 416. The number of carbonyl (C=O) groups excluding carboxylic acids is 1. The highest BCUT2D eigenvalue weighted by Gasteiger charge is 2.31. The van der Waals surface area contributed by atoms with Crippen molar-refractivity contribution in [2.75, 3.05) is 32.7 Å². The lowest BCUT2D eigenvalue weighted by molar-refractivity contribution is -0.138. The SMILES string of the molecule is CC(C)(C)CCC1CCN(C(=O)C2CCN(CC(C)(C)C)CC2)CC1. The fourth-order valence-electron chi connectivity index (χ4n) is 4.35. The third kappa shape index (κ3) is 7.29. The van der Waals surface area contributed by atoms with Gasteiger partial charge in [-0.05, 0) is 68.4 Å². The Balaban J connectivity index is 1.71. The first-order valence-electron chi connectivity index (χ1n) is 10.5. The van der Waals surface area contributed by atoms with Crippen LogP contribution in [0.25, 0.3) is 0 Å². The molecule has 2 aliphatic heterocycles. The van der Waals surface area contributed by atoms with E-state index in [2.05, 4.69) is 51.3 Å². The van der Waals surface area contributed by atoms with Gasteiger partial charge in [0.15, 0.2) is 0 Å². The highest BCUT2D eigenvalue weighted by Crippen LogP contribution is 2.30. The van der Waals surface area contributed by atoms with Crippen LogP contribution in [-0.2, 0) is 4.79 Å². The summed E-state index contributed by atoms with van der Waals surface area (Å²) in [6.07, 6.45) is 7.17. The van der Waals surface area contributed by atoms with Crippen molar-refractivity contribution >= 4 is 5.91 Å². The number of likely N-dealkylation sites (tertiary alicyclic amines) is 2. The lowest BCUT2D eigenvalue weighted by atomic mass is 9.83. The van der Waals surface area contributed by atoms with Gasteiger partial charge in [0.25, 0.3) is 0 Å². The number of piperidine rings is 2. The van der Waals surface area contributed by atoms with E-state index in [1.807, 2.05) is 0 Å². The molecule has 0 atom stereocenters. The molecule has 0 bridgehead atoms. The standard InChI is InChI=1S/C22H42N2O/c1-21(2,3)12-7-18-8-15-24(16-9-18)20(25)19-10-13-23(14-11-19)17-22(4,5)6/h18-19H,7-17H2,1-6H3. The summed E-state index contributed by atoms with van der Waals surface area (Å²) in [5.74, 6) is 1.56. The lowest BCUT2D eigenvalue weighted by Gasteiger charge is -2.39. The van der Waals surface area contributed by atoms with Crippen molar-refractivity contribution in [1.29, 1.82) is 0 Å². The van der Waals surface area contributed by atoms with E-state index in [4.69, 9.17) is 0 Å². The van der Waals surface area contributed by atoms with Crippen molar-refractivity contribution < 1.29 is 4.79 Å². The third-order valence-corrected chi connectivity index (χ3v) is 5.86. The van der Waals surface area contributed by atoms with Crippen molar-refractivity contribution in [3.05, 3.63) is 0 Å². The van der Waals surface area contributed by atoms with Gasteiger partial charge in [-0.2, -0.15) is 0 Å². The molecule has 2 heterocycles. The Morgan fingerprint density at radius 1 is 0.840 bits per heavy atom. The maximum absolute atomic E-state index is 12.9. The first-order valence-corrected chi connectivity index (χ1v) is 10.5. The summed E-state index contributed by atoms with van der Waals surface area (Å²) in [4.78, 5) is 17.6. The van der Waals surface area contributed by atoms with E-state index in [1.54, 1.807) is 0 Å². The minimum absolute atomic E-state index is 0.280. The topological polar surface area (TPSA) is 23.6 Å². The molecular formula is C22H42N2O. The highest BCUT2D eigenvalue weighted by atomic mass is 16.2. The molecule has 146 valence electrons. The summed E-state index contributed by atoms with van der Waals surface area (Å²) in [6.45, 7) is 19.2. The molecule has 0 radical (unpaired) electrons. The fraction of sp³-hybridized carbons (Fsp3) is 0.955. The molecule has 2 fully saturated rings. The number of amides is 1. The van der Waals surface area contributed by atoms with Gasteiger partial charge >= 0.3 is 0 Å². The van der Waals surface area contributed by atoms with Crippen molar-refractivity contribution in [1.82, 2.24) is 9.80 Å². The quantitative estimate of drug-likeness (QED) is 0.726. The predicted molar refractivity (Wildman–Crippen MR) is 107 cm³/mol. The summed E-state index contributed by atoms with van der Waals surface area (Å²) in [6, 6.07) is 0. The molecule has 0 aromatic rings. The van der Waals surface area contributed by atoms with Crippen LogP contribution in [0.1, 0.15) is 80.1 Å². The number of carbonyl (C=O) groups is 1.